The smallest absolute Gasteiger partial charge is 0.154 e. The molecule has 1 N–H and O–H groups in total. The van der Waals surface area contributed by atoms with E-state index in [1.807, 2.05) is 6.20 Å². The van der Waals surface area contributed by atoms with Crippen LogP contribution in [-0.2, 0) is 28.9 Å². The highest BCUT2D eigenvalue weighted by atomic mass is 16.5. The lowest BCUT2D eigenvalue weighted by atomic mass is 9.87. The van der Waals surface area contributed by atoms with Crippen LogP contribution in [-0.4, -0.2) is 43.9 Å². The van der Waals surface area contributed by atoms with Crippen LogP contribution in [0.4, 0.5) is 0 Å². The fourth-order valence-electron chi connectivity index (χ4n) is 2.48. The van der Waals surface area contributed by atoms with Gasteiger partial charge in [-0.25, -0.2) is 9.97 Å². The maximum Gasteiger partial charge on any atom is 0.154 e. The van der Waals surface area contributed by atoms with Gasteiger partial charge in [-0.2, -0.15) is 0 Å². The van der Waals surface area contributed by atoms with Crippen molar-refractivity contribution in [3.63, 3.8) is 0 Å². The molecule has 0 saturated heterocycles. The van der Waals surface area contributed by atoms with E-state index in [2.05, 4.69) is 15.3 Å². The Bertz CT molecular complexity index is 398. The summed E-state index contributed by atoms with van der Waals surface area (Å²) in [7, 11) is 3.40. The minimum Gasteiger partial charge on any atom is -0.383 e. The number of aryl methyl sites for hydroxylation is 1. The fourth-order valence-corrected chi connectivity index (χ4v) is 2.48. The largest absolute Gasteiger partial charge is 0.383 e. The van der Waals surface area contributed by atoms with Gasteiger partial charge in [0.2, 0.25) is 0 Å². The van der Waals surface area contributed by atoms with Crippen LogP contribution in [0, 0.1) is 5.92 Å². The summed E-state index contributed by atoms with van der Waals surface area (Å²) in [6.45, 7) is 3.23. The average molecular weight is 265 g/mol. The van der Waals surface area contributed by atoms with Gasteiger partial charge in [-0.1, -0.05) is 0 Å². The van der Waals surface area contributed by atoms with Gasteiger partial charge in [0.1, 0.15) is 6.61 Å². The van der Waals surface area contributed by atoms with E-state index in [0.29, 0.717) is 12.5 Å². The molecule has 0 aliphatic heterocycles. The summed E-state index contributed by atoms with van der Waals surface area (Å²) in [4.78, 5) is 8.92. The van der Waals surface area contributed by atoms with Gasteiger partial charge in [-0.15, -0.1) is 0 Å². The molecule has 1 atom stereocenters. The highest BCUT2D eigenvalue weighted by molar-refractivity contribution is 5.21. The number of ether oxygens (including phenoxy) is 2. The van der Waals surface area contributed by atoms with Crippen molar-refractivity contribution in [1.82, 2.24) is 15.3 Å². The Kier molecular flexibility index (Phi) is 5.69. The first-order valence-electron chi connectivity index (χ1n) is 6.85. The van der Waals surface area contributed by atoms with E-state index < -0.39 is 0 Å². The maximum atomic E-state index is 5.07. The summed E-state index contributed by atoms with van der Waals surface area (Å²) in [6, 6.07) is 0. The van der Waals surface area contributed by atoms with Gasteiger partial charge in [-0.3, -0.25) is 0 Å². The zero-order valence-electron chi connectivity index (χ0n) is 11.8. The van der Waals surface area contributed by atoms with Crippen LogP contribution in [0.15, 0.2) is 6.20 Å². The average Bonchev–Trinajstić information content (AvgIpc) is 2.44. The Morgan fingerprint density at radius 3 is 3.05 bits per heavy atom. The Balaban J connectivity index is 1.86. The topological polar surface area (TPSA) is 56.3 Å². The molecule has 1 aromatic rings. The van der Waals surface area contributed by atoms with E-state index in [-0.39, 0.29) is 0 Å². The number of hydrogen-bond donors (Lipinski definition) is 1. The van der Waals surface area contributed by atoms with E-state index in [1.54, 1.807) is 14.2 Å². The lowest BCUT2D eigenvalue weighted by Gasteiger charge is -2.24. The number of rotatable bonds is 7. The molecule has 1 unspecified atom stereocenters. The number of aromatic nitrogens is 2. The number of nitrogens with zero attached hydrogens (tertiary/aromatic N) is 2. The molecule has 0 bridgehead atoms. The number of hydrogen-bond acceptors (Lipinski definition) is 5. The van der Waals surface area contributed by atoms with Crippen LogP contribution >= 0.6 is 0 Å². The number of methoxy groups -OCH3 is 2. The zero-order valence-corrected chi connectivity index (χ0v) is 11.8. The van der Waals surface area contributed by atoms with Crippen molar-refractivity contribution in [3.8, 4) is 0 Å². The number of nitrogens with one attached hydrogen (secondary N) is 1. The summed E-state index contributed by atoms with van der Waals surface area (Å²) < 4.78 is 10.1. The Morgan fingerprint density at radius 2 is 2.26 bits per heavy atom. The third-order valence-corrected chi connectivity index (χ3v) is 3.49. The molecule has 2 rings (SSSR count). The van der Waals surface area contributed by atoms with Gasteiger partial charge in [0.05, 0.1) is 6.61 Å². The molecule has 1 heterocycles. The van der Waals surface area contributed by atoms with Gasteiger partial charge >= 0.3 is 0 Å². The Hall–Kier alpha value is -1.04. The summed E-state index contributed by atoms with van der Waals surface area (Å²) in [5.74, 6) is 1.47. The van der Waals surface area contributed by atoms with Crippen molar-refractivity contribution in [2.24, 2.45) is 5.92 Å². The Labute approximate surface area is 114 Å². The number of fused-ring (bicyclic) bond motifs is 1. The second-order valence-electron chi connectivity index (χ2n) is 5.00. The molecule has 5 nitrogen and oxygen atoms in total. The van der Waals surface area contributed by atoms with Crippen molar-refractivity contribution in [1.29, 1.82) is 0 Å². The highest BCUT2D eigenvalue weighted by Crippen LogP contribution is 2.23. The molecule has 0 spiro atoms. The summed E-state index contributed by atoms with van der Waals surface area (Å²) in [5.41, 5.74) is 2.50. The van der Waals surface area contributed by atoms with Crippen molar-refractivity contribution in [2.75, 3.05) is 33.9 Å². The predicted octanol–water partition coefficient (Wildman–Crippen LogP) is 0.964. The zero-order chi connectivity index (χ0) is 13.5. The second-order valence-corrected chi connectivity index (χ2v) is 5.00. The van der Waals surface area contributed by atoms with Crippen molar-refractivity contribution >= 4 is 0 Å². The maximum absolute atomic E-state index is 5.07. The normalized spacial score (nSPS) is 18.3. The summed E-state index contributed by atoms with van der Waals surface area (Å²) >= 11 is 0. The first-order chi connectivity index (χ1) is 9.33. The molecule has 0 amide bonds. The summed E-state index contributed by atoms with van der Waals surface area (Å²) in [6.07, 6.45) is 5.28. The minimum atomic E-state index is 0.495. The van der Waals surface area contributed by atoms with Gasteiger partial charge in [0.15, 0.2) is 5.82 Å². The molecular weight excluding hydrogens is 242 g/mol. The molecule has 0 radical (unpaired) electrons. The van der Waals surface area contributed by atoms with Crippen LogP contribution in [0.2, 0.25) is 0 Å². The van der Waals surface area contributed by atoms with Gasteiger partial charge in [0, 0.05) is 32.7 Å². The lowest BCUT2D eigenvalue weighted by Crippen LogP contribution is -2.30. The molecule has 106 valence electrons. The highest BCUT2D eigenvalue weighted by Gasteiger charge is 2.20. The molecule has 1 aliphatic rings. The first-order valence-corrected chi connectivity index (χ1v) is 6.85. The van der Waals surface area contributed by atoms with Gasteiger partial charge in [-0.05, 0) is 37.3 Å². The quantitative estimate of drug-likeness (QED) is 0.744. The van der Waals surface area contributed by atoms with Crippen LogP contribution in [0.3, 0.4) is 0 Å². The molecule has 19 heavy (non-hydrogen) atoms. The molecule has 0 saturated carbocycles. The first kappa shape index (κ1) is 14.4. The second kappa shape index (κ2) is 7.53. The molecule has 0 fully saturated rings. The fraction of sp³-hybridized carbons (Fsp3) is 0.714. The van der Waals surface area contributed by atoms with Crippen molar-refractivity contribution in [3.05, 3.63) is 23.3 Å². The van der Waals surface area contributed by atoms with E-state index in [9.17, 15) is 0 Å². The minimum absolute atomic E-state index is 0.495. The lowest BCUT2D eigenvalue weighted by molar-refractivity contribution is 0.177. The summed E-state index contributed by atoms with van der Waals surface area (Å²) in [5, 5.41) is 3.43. The Morgan fingerprint density at radius 1 is 1.37 bits per heavy atom. The monoisotopic (exact) mass is 265 g/mol. The van der Waals surface area contributed by atoms with E-state index in [4.69, 9.17) is 9.47 Å². The molecule has 1 aliphatic carbocycles. The van der Waals surface area contributed by atoms with Crippen LogP contribution in [0.25, 0.3) is 0 Å². The third-order valence-electron chi connectivity index (χ3n) is 3.49. The van der Waals surface area contributed by atoms with Crippen LogP contribution < -0.4 is 5.32 Å². The predicted molar refractivity (Wildman–Crippen MR) is 73.0 cm³/mol. The third kappa shape index (κ3) is 4.23. The molecule has 0 aromatic carbocycles. The van der Waals surface area contributed by atoms with Crippen molar-refractivity contribution < 1.29 is 9.47 Å². The van der Waals surface area contributed by atoms with Crippen molar-refractivity contribution in [2.45, 2.75) is 25.9 Å². The molecular formula is C14H23N3O2. The van der Waals surface area contributed by atoms with E-state index in [0.717, 1.165) is 38.4 Å². The SMILES string of the molecule is COCCNCC1CCc2nc(COC)ncc2C1. The van der Waals surface area contributed by atoms with Crippen LogP contribution in [0.5, 0.6) is 0 Å². The standard InChI is InChI=1S/C14H23N3O2/c1-18-6-5-15-8-11-3-4-13-12(7-11)9-16-14(17-13)10-19-2/h9,11,15H,3-8,10H2,1-2H3. The van der Waals surface area contributed by atoms with Gasteiger partial charge in [0.25, 0.3) is 0 Å². The van der Waals surface area contributed by atoms with E-state index >= 15 is 0 Å². The van der Waals surface area contributed by atoms with Crippen LogP contribution in [0.1, 0.15) is 23.5 Å². The molecule has 1 aromatic heterocycles. The molecule has 5 heteroatoms. The van der Waals surface area contributed by atoms with Gasteiger partial charge < -0.3 is 14.8 Å². The van der Waals surface area contributed by atoms with E-state index in [1.165, 1.54) is 17.7 Å².